The number of phenolic OH excluding ortho intramolecular Hbond substituents is 2. The molecule has 0 aliphatic heterocycles. The van der Waals surface area contributed by atoms with E-state index in [1.54, 1.807) is 12.1 Å². The number of aromatic hydroxyl groups is 2. The molecule has 0 saturated carbocycles. The van der Waals surface area contributed by atoms with E-state index in [1.807, 2.05) is 0 Å². The van der Waals surface area contributed by atoms with E-state index in [0.29, 0.717) is 16.1 Å². The van der Waals surface area contributed by atoms with Crippen molar-refractivity contribution in [2.45, 2.75) is 9.79 Å². The molecule has 2 N–H and O–H groups in total. The lowest BCUT2D eigenvalue weighted by Gasteiger charge is -2.04. The lowest BCUT2D eigenvalue weighted by molar-refractivity contribution is 0.112. The van der Waals surface area contributed by atoms with Crippen LogP contribution >= 0.6 is 0 Å². The SMILES string of the molecule is O=Cc1cc(S(=O)c2ccc(O)cc2)ccc1O. The van der Waals surface area contributed by atoms with Crippen molar-refractivity contribution < 1.29 is 19.2 Å². The number of carbonyl (C=O) groups is 1. The van der Waals surface area contributed by atoms with Crippen LogP contribution in [0.25, 0.3) is 0 Å². The molecule has 0 spiro atoms. The second-order valence-corrected chi connectivity index (χ2v) is 5.08. The van der Waals surface area contributed by atoms with Crippen molar-refractivity contribution in [3.8, 4) is 11.5 Å². The van der Waals surface area contributed by atoms with Crippen LogP contribution in [0.2, 0.25) is 0 Å². The maximum atomic E-state index is 12.2. The molecule has 2 rings (SSSR count). The van der Waals surface area contributed by atoms with Crippen LogP contribution in [0.1, 0.15) is 10.4 Å². The average molecular weight is 262 g/mol. The van der Waals surface area contributed by atoms with Gasteiger partial charge in [-0.3, -0.25) is 4.79 Å². The van der Waals surface area contributed by atoms with E-state index in [4.69, 9.17) is 5.11 Å². The fraction of sp³-hybridized carbons (Fsp3) is 0. The van der Waals surface area contributed by atoms with Crippen molar-refractivity contribution in [1.29, 1.82) is 0 Å². The van der Waals surface area contributed by atoms with Crippen LogP contribution in [0, 0.1) is 0 Å². The molecule has 0 radical (unpaired) electrons. The number of benzene rings is 2. The molecule has 5 heteroatoms. The third kappa shape index (κ3) is 2.41. The molecule has 0 saturated heterocycles. The Morgan fingerprint density at radius 3 is 2.17 bits per heavy atom. The minimum Gasteiger partial charge on any atom is -0.508 e. The van der Waals surface area contributed by atoms with Gasteiger partial charge in [0.1, 0.15) is 11.5 Å². The molecule has 1 atom stereocenters. The fourth-order valence-electron chi connectivity index (χ4n) is 1.45. The van der Waals surface area contributed by atoms with Gasteiger partial charge in [0.15, 0.2) is 6.29 Å². The van der Waals surface area contributed by atoms with Crippen molar-refractivity contribution in [2.24, 2.45) is 0 Å². The van der Waals surface area contributed by atoms with Crippen LogP contribution in [0.3, 0.4) is 0 Å². The van der Waals surface area contributed by atoms with E-state index in [-0.39, 0.29) is 17.1 Å². The lowest BCUT2D eigenvalue weighted by atomic mass is 10.2. The van der Waals surface area contributed by atoms with Gasteiger partial charge in [0.2, 0.25) is 0 Å². The first-order chi connectivity index (χ1) is 8.61. The molecule has 2 aromatic carbocycles. The Hall–Kier alpha value is -2.14. The summed E-state index contributed by atoms with van der Waals surface area (Å²) in [6, 6.07) is 10.2. The molecular formula is C13H10O4S. The predicted molar refractivity (Wildman–Crippen MR) is 66.3 cm³/mol. The monoisotopic (exact) mass is 262 g/mol. The van der Waals surface area contributed by atoms with E-state index in [9.17, 15) is 14.1 Å². The van der Waals surface area contributed by atoms with Gasteiger partial charge in [0, 0.05) is 9.79 Å². The summed E-state index contributed by atoms with van der Waals surface area (Å²) in [6.07, 6.45) is 0.507. The van der Waals surface area contributed by atoms with E-state index in [1.165, 1.54) is 30.3 Å². The molecule has 2 aromatic rings. The highest BCUT2D eigenvalue weighted by Crippen LogP contribution is 2.23. The predicted octanol–water partition coefficient (Wildman–Crippen LogP) is 2.08. The Morgan fingerprint density at radius 1 is 0.944 bits per heavy atom. The average Bonchev–Trinajstić information content (AvgIpc) is 2.39. The number of hydrogen-bond donors (Lipinski definition) is 2. The summed E-state index contributed by atoms with van der Waals surface area (Å²) in [5.41, 5.74) is 0.0969. The Morgan fingerprint density at radius 2 is 1.56 bits per heavy atom. The zero-order valence-corrected chi connectivity index (χ0v) is 10.1. The first kappa shape index (κ1) is 12.3. The third-order valence-electron chi connectivity index (χ3n) is 2.39. The molecule has 0 fully saturated rings. The molecule has 0 aliphatic rings. The van der Waals surface area contributed by atoms with E-state index >= 15 is 0 Å². The van der Waals surface area contributed by atoms with Gasteiger partial charge in [0.25, 0.3) is 0 Å². The van der Waals surface area contributed by atoms with Crippen LogP contribution in [0.15, 0.2) is 52.3 Å². The molecule has 18 heavy (non-hydrogen) atoms. The summed E-state index contributed by atoms with van der Waals surface area (Å²) in [5.74, 6) is -0.0495. The minimum atomic E-state index is -1.46. The number of phenols is 2. The molecule has 4 nitrogen and oxygen atoms in total. The summed E-state index contributed by atoms with van der Waals surface area (Å²) >= 11 is 0. The highest BCUT2D eigenvalue weighted by atomic mass is 32.2. The molecule has 0 bridgehead atoms. The Balaban J connectivity index is 2.39. The number of rotatable bonds is 3. The number of hydrogen-bond acceptors (Lipinski definition) is 4. The van der Waals surface area contributed by atoms with Gasteiger partial charge >= 0.3 is 0 Å². The Bertz CT molecular complexity index is 605. The van der Waals surface area contributed by atoms with Gasteiger partial charge in [0.05, 0.1) is 16.4 Å². The molecule has 92 valence electrons. The highest BCUT2D eigenvalue weighted by molar-refractivity contribution is 7.85. The highest BCUT2D eigenvalue weighted by Gasteiger charge is 2.10. The van der Waals surface area contributed by atoms with Crippen LogP contribution < -0.4 is 0 Å². The van der Waals surface area contributed by atoms with Gasteiger partial charge < -0.3 is 10.2 Å². The van der Waals surface area contributed by atoms with Crippen molar-refractivity contribution >= 4 is 17.1 Å². The molecule has 0 aliphatic carbocycles. The lowest BCUT2D eigenvalue weighted by Crippen LogP contribution is -1.94. The maximum Gasteiger partial charge on any atom is 0.153 e. The van der Waals surface area contributed by atoms with Crippen molar-refractivity contribution in [3.63, 3.8) is 0 Å². The van der Waals surface area contributed by atoms with Crippen molar-refractivity contribution in [3.05, 3.63) is 48.0 Å². The number of aldehydes is 1. The molecule has 0 amide bonds. The summed E-state index contributed by atoms with van der Waals surface area (Å²) in [7, 11) is -1.46. The summed E-state index contributed by atoms with van der Waals surface area (Å²) in [4.78, 5) is 11.6. The van der Waals surface area contributed by atoms with E-state index in [2.05, 4.69) is 0 Å². The van der Waals surface area contributed by atoms with Crippen LogP contribution in [0.4, 0.5) is 0 Å². The fourth-order valence-corrected chi connectivity index (χ4v) is 2.53. The van der Waals surface area contributed by atoms with Gasteiger partial charge in [-0.05, 0) is 42.5 Å². The second kappa shape index (κ2) is 5.01. The molecule has 0 aromatic heterocycles. The minimum absolute atomic E-state index is 0.0926. The first-order valence-corrected chi connectivity index (χ1v) is 6.26. The van der Waals surface area contributed by atoms with Gasteiger partial charge in [-0.1, -0.05) is 0 Å². The van der Waals surface area contributed by atoms with Crippen molar-refractivity contribution in [2.75, 3.05) is 0 Å². The standard InChI is InChI=1S/C13H10O4S/c14-8-9-7-12(5-6-13(9)16)18(17)11-3-1-10(15)2-4-11/h1-8,15-16H. The summed E-state index contributed by atoms with van der Waals surface area (Å²) in [5, 5.41) is 18.5. The summed E-state index contributed by atoms with van der Waals surface area (Å²) in [6.45, 7) is 0. The smallest absolute Gasteiger partial charge is 0.153 e. The largest absolute Gasteiger partial charge is 0.508 e. The molecule has 1 unspecified atom stereocenters. The van der Waals surface area contributed by atoms with Gasteiger partial charge in [-0.25, -0.2) is 4.21 Å². The van der Waals surface area contributed by atoms with Gasteiger partial charge in [-0.2, -0.15) is 0 Å². The zero-order valence-electron chi connectivity index (χ0n) is 9.24. The molecule has 0 heterocycles. The zero-order chi connectivity index (χ0) is 13.1. The third-order valence-corrected chi connectivity index (χ3v) is 3.77. The topological polar surface area (TPSA) is 74.6 Å². The maximum absolute atomic E-state index is 12.2. The van der Waals surface area contributed by atoms with Crippen LogP contribution in [0.5, 0.6) is 11.5 Å². The van der Waals surface area contributed by atoms with E-state index < -0.39 is 10.8 Å². The van der Waals surface area contributed by atoms with Crippen molar-refractivity contribution in [1.82, 2.24) is 0 Å². The normalized spacial score (nSPS) is 12.0. The quantitative estimate of drug-likeness (QED) is 0.830. The molecular weight excluding hydrogens is 252 g/mol. The Labute approximate surface area is 106 Å². The summed E-state index contributed by atoms with van der Waals surface area (Å²) < 4.78 is 12.2. The number of carbonyl (C=O) groups excluding carboxylic acids is 1. The van der Waals surface area contributed by atoms with Gasteiger partial charge in [-0.15, -0.1) is 0 Å². The Kier molecular flexibility index (Phi) is 3.43. The van der Waals surface area contributed by atoms with Crippen LogP contribution in [-0.2, 0) is 10.8 Å². The van der Waals surface area contributed by atoms with Crippen LogP contribution in [-0.4, -0.2) is 20.7 Å². The van der Waals surface area contributed by atoms with E-state index in [0.717, 1.165) is 0 Å². The second-order valence-electron chi connectivity index (χ2n) is 3.60. The first-order valence-electron chi connectivity index (χ1n) is 5.11.